The van der Waals surface area contributed by atoms with Crippen LogP contribution in [0.1, 0.15) is 38.7 Å². The van der Waals surface area contributed by atoms with Gasteiger partial charge in [-0.3, -0.25) is 0 Å². The Balaban J connectivity index is 1.90. The minimum absolute atomic E-state index is 0.0653. The highest BCUT2D eigenvalue weighted by molar-refractivity contribution is 6.33. The second-order valence-corrected chi connectivity index (χ2v) is 6.88. The summed E-state index contributed by atoms with van der Waals surface area (Å²) in [5.41, 5.74) is 8.11. The molecular weight excluding hydrogens is 378 g/mol. The summed E-state index contributed by atoms with van der Waals surface area (Å²) in [5.74, 6) is -0.625. The molecule has 144 valence electrons. The molecule has 1 aromatic carbocycles. The number of hydrogen-bond donors (Lipinski definition) is 2. The van der Waals surface area contributed by atoms with Gasteiger partial charge >= 0.3 is 5.97 Å². The summed E-state index contributed by atoms with van der Waals surface area (Å²) in [5, 5.41) is 13.8. The van der Waals surface area contributed by atoms with Crippen molar-refractivity contribution in [2.75, 3.05) is 5.43 Å². The smallest absolute Gasteiger partial charge is 0.337 e. The van der Waals surface area contributed by atoms with Crippen LogP contribution in [0.4, 0.5) is 5.95 Å². The lowest BCUT2D eigenvalue weighted by Crippen LogP contribution is -2.04. The van der Waals surface area contributed by atoms with E-state index >= 15 is 0 Å². The van der Waals surface area contributed by atoms with Gasteiger partial charge in [-0.25, -0.2) is 20.2 Å². The van der Waals surface area contributed by atoms with E-state index in [1.165, 1.54) is 0 Å². The van der Waals surface area contributed by atoms with E-state index in [2.05, 4.69) is 20.5 Å². The summed E-state index contributed by atoms with van der Waals surface area (Å²) in [6.07, 6.45) is 1.69. The molecule has 0 amide bonds. The van der Waals surface area contributed by atoms with Crippen LogP contribution in [0.3, 0.4) is 0 Å². The molecule has 28 heavy (non-hydrogen) atoms. The molecule has 3 rings (SSSR count). The third kappa shape index (κ3) is 4.04. The molecule has 3 aromatic rings. The van der Waals surface area contributed by atoms with Gasteiger partial charge in [0.2, 0.25) is 5.95 Å². The van der Waals surface area contributed by atoms with Crippen LogP contribution in [0, 0.1) is 27.7 Å². The molecule has 0 bridgehead atoms. The van der Waals surface area contributed by atoms with Crippen LogP contribution in [-0.2, 0) is 0 Å². The first-order valence-electron chi connectivity index (χ1n) is 8.60. The van der Waals surface area contributed by atoms with Gasteiger partial charge in [-0.15, -0.1) is 0 Å². The topological polar surface area (TPSA) is 92.4 Å². The van der Waals surface area contributed by atoms with E-state index in [1.807, 2.05) is 44.4 Å². The molecule has 0 atom stereocenters. The van der Waals surface area contributed by atoms with Gasteiger partial charge in [0, 0.05) is 34.0 Å². The fourth-order valence-electron chi connectivity index (χ4n) is 3.07. The third-order valence-corrected chi connectivity index (χ3v) is 4.59. The molecule has 0 saturated carbocycles. The van der Waals surface area contributed by atoms with Gasteiger partial charge < -0.3 is 9.67 Å². The van der Waals surface area contributed by atoms with Crippen molar-refractivity contribution in [3.05, 3.63) is 69.3 Å². The molecule has 0 fully saturated rings. The normalized spacial score (nSPS) is 11.2. The summed E-state index contributed by atoms with van der Waals surface area (Å²) in [6.45, 7) is 7.68. The lowest BCUT2D eigenvalue weighted by Gasteiger charge is -2.11. The van der Waals surface area contributed by atoms with Crippen molar-refractivity contribution in [3.8, 4) is 5.69 Å². The average Bonchev–Trinajstić information content (AvgIpc) is 2.88. The quantitative estimate of drug-likeness (QED) is 0.494. The monoisotopic (exact) mass is 397 g/mol. The number of nitrogens with one attached hydrogen (secondary N) is 1. The number of hydrazone groups is 1. The summed E-state index contributed by atoms with van der Waals surface area (Å²) < 4.78 is 1.96. The number of carbonyl (C=O) groups is 1. The Morgan fingerprint density at radius 3 is 2.46 bits per heavy atom. The number of anilines is 1. The molecule has 0 spiro atoms. The van der Waals surface area contributed by atoms with Crippen molar-refractivity contribution in [2.24, 2.45) is 5.10 Å². The minimum atomic E-state index is -1.06. The highest BCUT2D eigenvalue weighted by atomic mass is 35.5. The van der Waals surface area contributed by atoms with Crippen molar-refractivity contribution in [1.29, 1.82) is 0 Å². The van der Waals surface area contributed by atoms with E-state index in [1.54, 1.807) is 24.4 Å². The SMILES string of the molecule is Cc1cc(C)nc(N/N=C/c2cc(C)n(-c3ccc(Cl)c(C(=O)O)c3)c2C)n1. The van der Waals surface area contributed by atoms with Crippen LogP contribution in [0.25, 0.3) is 5.69 Å². The molecule has 2 N–H and O–H groups in total. The maximum atomic E-state index is 11.4. The highest BCUT2D eigenvalue weighted by Crippen LogP contribution is 2.24. The van der Waals surface area contributed by atoms with Crippen molar-refractivity contribution in [3.63, 3.8) is 0 Å². The number of halogens is 1. The Bertz CT molecular complexity index is 1070. The Morgan fingerprint density at radius 2 is 1.82 bits per heavy atom. The van der Waals surface area contributed by atoms with Crippen molar-refractivity contribution >= 4 is 29.7 Å². The van der Waals surface area contributed by atoms with E-state index in [-0.39, 0.29) is 10.6 Å². The van der Waals surface area contributed by atoms with E-state index in [0.717, 1.165) is 34.0 Å². The first-order chi connectivity index (χ1) is 13.3. The Hall–Kier alpha value is -3.19. The zero-order valence-electron chi connectivity index (χ0n) is 16.0. The average molecular weight is 398 g/mol. The number of rotatable bonds is 5. The van der Waals surface area contributed by atoms with Gasteiger partial charge in [0.05, 0.1) is 16.8 Å². The van der Waals surface area contributed by atoms with Gasteiger partial charge in [0.15, 0.2) is 0 Å². The van der Waals surface area contributed by atoms with Crippen LogP contribution in [0.5, 0.6) is 0 Å². The fraction of sp³-hybridized carbons (Fsp3) is 0.200. The zero-order chi connectivity index (χ0) is 20.4. The molecule has 0 unspecified atom stereocenters. The molecule has 0 aliphatic rings. The largest absolute Gasteiger partial charge is 0.478 e. The first kappa shape index (κ1) is 19.6. The molecule has 2 aromatic heterocycles. The van der Waals surface area contributed by atoms with E-state index in [9.17, 15) is 9.90 Å². The lowest BCUT2D eigenvalue weighted by atomic mass is 10.2. The lowest BCUT2D eigenvalue weighted by molar-refractivity contribution is 0.0697. The van der Waals surface area contributed by atoms with Gasteiger partial charge in [-0.2, -0.15) is 5.10 Å². The second kappa shape index (κ2) is 7.82. The number of carboxylic acid groups (broad SMARTS) is 1. The molecule has 0 aliphatic heterocycles. The highest BCUT2D eigenvalue weighted by Gasteiger charge is 2.14. The second-order valence-electron chi connectivity index (χ2n) is 6.48. The summed E-state index contributed by atoms with van der Waals surface area (Å²) >= 11 is 5.98. The number of hydrogen-bond acceptors (Lipinski definition) is 5. The number of aromatic carboxylic acids is 1. The summed E-state index contributed by atoms with van der Waals surface area (Å²) in [4.78, 5) is 19.9. The van der Waals surface area contributed by atoms with Crippen LogP contribution >= 0.6 is 11.6 Å². The maximum Gasteiger partial charge on any atom is 0.337 e. The molecule has 0 saturated heterocycles. The first-order valence-corrected chi connectivity index (χ1v) is 8.97. The van der Waals surface area contributed by atoms with E-state index < -0.39 is 5.97 Å². The van der Waals surface area contributed by atoms with E-state index in [4.69, 9.17) is 11.6 Å². The maximum absolute atomic E-state index is 11.4. The van der Waals surface area contributed by atoms with Crippen molar-refractivity contribution < 1.29 is 9.90 Å². The molecule has 8 heteroatoms. The van der Waals surface area contributed by atoms with Crippen molar-refractivity contribution in [1.82, 2.24) is 14.5 Å². The van der Waals surface area contributed by atoms with Crippen LogP contribution in [0.2, 0.25) is 5.02 Å². The molecule has 0 radical (unpaired) electrons. The van der Waals surface area contributed by atoms with Gasteiger partial charge in [-0.1, -0.05) is 11.6 Å². The van der Waals surface area contributed by atoms with Gasteiger partial charge in [-0.05, 0) is 58.0 Å². The predicted octanol–water partition coefficient (Wildman–Crippen LogP) is 4.30. The predicted molar refractivity (Wildman–Crippen MR) is 110 cm³/mol. The Labute approximate surface area is 167 Å². The van der Waals surface area contributed by atoms with Crippen LogP contribution in [0.15, 0.2) is 35.4 Å². The molecule has 2 heterocycles. The minimum Gasteiger partial charge on any atom is -0.478 e. The molecule has 7 nitrogen and oxygen atoms in total. The molecular formula is C20H20ClN5O2. The number of carboxylic acids is 1. The zero-order valence-corrected chi connectivity index (χ0v) is 16.7. The number of aromatic nitrogens is 3. The van der Waals surface area contributed by atoms with Crippen LogP contribution < -0.4 is 5.43 Å². The van der Waals surface area contributed by atoms with Gasteiger partial charge in [0.1, 0.15) is 0 Å². The standard InChI is InChI=1S/C20H20ClN5O2/c1-11-7-12(2)24-20(23-11)25-22-10-15-8-13(3)26(14(15)4)16-5-6-18(21)17(9-16)19(27)28/h5-10H,1-4H3,(H,27,28)(H,23,24,25)/b22-10+. The number of nitrogens with zero attached hydrogens (tertiary/aromatic N) is 4. The molecule has 0 aliphatic carbocycles. The van der Waals surface area contributed by atoms with Gasteiger partial charge in [0.25, 0.3) is 0 Å². The van der Waals surface area contributed by atoms with E-state index in [0.29, 0.717) is 5.95 Å². The van der Waals surface area contributed by atoms with Crippen molar-refractivity contribution in [2.45, 2.75) is 27.7 Å². The fourth-order valence-corrected chi connectivity index (χ4v) is 3.27. The Kier molecular flexibility index (Phi) is 5.46. The number of benzene rings is 1. The van der Waals surface area contributed by atoms with Crippen LogP contribution in [-0.4, -0.2) is 31.8 Å². The third-order valence-electron chi connectivity index (χ3n) is 4.26. The Morgan fingerprint density at radius 1 is 1.14 bits per heavy atom. The number of aryl methyl sites for hydroxylation is 3. The summed E-state index contributed by atoms with van der Waals surface area (Å²) in [6, 6.07) is 8.80. The summed E-state index contributed by atoms with van der Waals surface area (Å²) in [7, 11) is 0.